The van der Waals surface area contributed by atoms with Gasteiger partial charge in [-0.25, -0.2) is 9.78 Å². The van der Waals surface area contributed by atoms with E-state index in [1.807, 2.05) is 13.8 Å². The molecule has 0 amide bonds. The molecule has 0 N–H and O–H groups in total. The molecule has 0 atom stereocenters. The molecule has 2 aromatic heterocycles. The number of imidazole rings is 1. The molecule has 22 heavy (non-hydrogen) atoms. The highest BCUT2D eigenvalue weighted by Gasteiger charge is 2.41. The third kappa shape index (κ3) is 2.26. The smallest absolute Gasteiger partial charge is 0.358 e. The zero-order valence-electron chi connectivity index (χ0n) is 14.2. The van der Waals surface area contributed by atoms with E-state index < -0.39 is 0 Å². The van der Waals surface area contributed by atoms with Crippen molar-refractivity contribution in [2.45, 2.75) is 59.8 Å². The van der Waals surface area contributed by atoms with Gasteiger partial charge in [-0.15, -0.1) is 11.3 Å². The number of carbonyl (C=O) groups is 1. The zero-order chi connectivity index (χ0) is 16.3. The highest BCUT2D eigenvalue weighted by Crippen LogP contribution is 2.49. The van der Waals surface area contributed by atoms with Crippen LogP contribution in [0.2, 0.25) is 0 Å². The first kappa shape index (κ1) is 15.5. The molecular formula is C17H24N2O2S. The molecule has 1 aliphatic carbocycles. The first-order valence-electron chi connectivity index (χ1n) is 7.84. The first-order chi connectivity index (χ1) is 10.2. The van der Waals surface area contributed by atoms with Gasteiger partial charge in [0.25, 0.3) is 0 Å². The summed E-state index contributed by atoms with van der Waals surface area (Å²) in [5, 5.41) is 0. The van der Waals surface area contributed by atoms with E-state index >= 15 is 0 Å². The van der Waals surface area contributed by atoms with Gasteiger partial charge in [-0.1, -0.05) is 27.7 Å². The molecule has 0 radical (unpaired) electrons. The minimum atomic E-state index is -0.320. The van der Waals surface area contributed by atoms with Crippen molar-refractivity contribution in [1.29, 1.82) is 0 Å². The van der Waals surface area contributed by atoms with Crippen LogP contribution in [0.15, 0.2) is 0 Å². The summed E-state index contributed by atoms with van der Waals surface area (Å²) in [6, 6.07) is 0. The molecule has 0 unspecified atom stereocenters. The van der Waals surface area contributed by atoms with E-state index in [0.717, 1.165) is 17.1 Å². The lowest BCUT2D eigenvalue weighted by Gasteiger charge is -2.40. The molecule has 0 aromatic carbocycles. The molecule has 0 fully saturated rings. The number of aryl methyl sites for hydroxylation is 1. The van der Waals surface area contributed by atoms with Gasteiger partial charge in [0.15, 0.2) is 10.7 Å². The lowest BCUT2D eigenvalue weighted by Crippen LogP contribution is -2.34. The third-order valence-corrected chi connectivity index (χ3v) is 5.90. The molecule has 0 bridgehead atoms. The lowest BCUT2D eigenvalue weighted by molar-refractivity contribution is 0.0519. The Morgan fingerprint density at radius 3 is 2.68 bits per heavy atom. The van der Waals surface area contributed by atoms with Crippen molar-refractivity contribution in [2.75, 3.05) is 6.61 Å². The number of nitrogens with zero attached hydrogens (tertiary/aromatic N) is 2. The minimum Gasteiger partial charge on any atom is -0.461 e. The van der Waals surface area contributed by atoms with Crippen LogP contribution in [0.1, 0.15) is 67.8 Å². The topological polar surface area (TPSA) is 43.6 Å². The standard InChI is InChI=1S/C17H24N2O2S/c1-7-21-14(20)12-10(2)19-11-8-16(3,4)9-17(5,6)13(11)22-15(19)18-12/h7-9H2,1-6H3. The van der Waals surface area contributed by atoms with E-state index in [9.17, 15) is 4.79 Å². The van der Waals surface area contributed by atoms with Crippen molar-refractivity contribution in [1.82, 2.24) is 9.38 Å². The molecule has 3 rings (SSSR count). The molecule has 0 saturated carbocycles. The Morgan fingerprint density at radius 1 is 1.36 bits per heavy atom. The summed E-state index contributed by atoms with van der Waals surface area (Å²) < 4.78 is 7.30. The van der Waals surface area contributed by atoms with E-state index in [-0.39, 0.29) is 16.8 Å². The Labute approximate surface area is 135 Å². The second-order valence-corrected chi connectivity index (χ2v) is 8.64. The van der Waals surface area contributed by atoms with Crippen LogP contribution in [0.5, 0.6) is 0 Å². The summed E-state index contributed by atoms with van der Waals surface area (Å²) >= 11 is 1.72. The van der Waals surface area contributed by atoms with E-state index in [2.05, 4.69) is 37.1 Å². The monoisotopic (exact) mass is 320 g/mol. The second-order valence-electron chi connectivity index (χ2n) is 7.66. The van der Waals surface area contributed by atoms with Gasteiger partial charge < -0.3 is 4.74 Å². The quantitative estimate of drug-likeness (QED) is 0.781. The minimum absolute atomic E-state index is 0.152. The first-order valence-corrected chi connectivity index (χ1v) is 8.66. The Hall–Kier alpha value is -1.36. The van der Waals surface area contributed by atoms with Gasteiger partial charge in [0, 0.05) is 16.0 Å². The summed E-state index contributed by atoms with van der Waals surface area (Å²) in [6.45, 7) is 13.4. The molecule has 0 saturated heterocycles. The molecular weight excluding hydrogens is 296 g/mol. The number of carbonyl (C=O) groups excluding carboxylic acids is 1. The summed E-state index contributed by atoms with van der Waals surface area (Å²) in [4.78, 5) is 18.9. The van der Waals surface area contributed by atoms with Gasteiger partial charge in [-0.05, 0) is 32.1 Å². The Bertz CT molecular complexity index is 752. The summed E-state index contributed by atoms with van der Waals surface area (Å²) in [5.41, 5.74) is 3.09. The summed E-state index contributed by atoms with van der Waals surface area (Å²) in [7, 11) is 0. The summed E-state index contributed by atoms with van der Waals surface area (Å²) in [6.07, 6.45) is 2.19. The maximum absolute atomic E-state index is 12.1. The van der Waals surface area contributed by atoms with E-state index in [0.29, 0.717) is 12.3 Å². The maximum Gasteiger partial charge on any atom is 0.358 e. The van der Waals surface area contributed by atoms with Crippen LogP contribution in [-0.4, -0.2) is 22.0 Å². The highest BCUT2D eigenvalue weighted by atomic mass is 32.1. The maximum atomic E-state index is 12.1. The zero-order valence-corrected chi connectivity index (χ0v) is 15.1. The molecule has 5 heteroatoms. The van der Waals surface area contributed by atoms with Crippen molar-refractivity contribution in [3.63, 3.8) is 0 Å². The highest BCUT2D eigenvalue weighted by molar-refractivity contribution is 7.17. The Kier molecular flexibility index (Phi) is 3.40. The fourth-order valence-electron chi connectivity index (χ4n) is 3.99. The molecule has 0 aliphatic heterocycles. The number of rotatable bonds is 2. The van der Waals surface area contributed by atoms with Crippen LogP contribution in [0.3, 0.4) is 0 Å². The van der Waals surface area contributed by atoms with Crippen LogP contribution < -0.4 is 0 Å². The van der Waals surface area contributed by atoms with Crippen LogP contribution in [0.25, 0.3) is 4.96 Å². The van der Waals surface area contributed by atoms with Crippen LogP contribution in [-0.2, 0) is 16.6 Å². The summed E-state index contributed by atoms with van der Waals surface area (Å²) in [5.74, 6) is -0.320. The van der Waals surface area contributed by atoms with E-state index in [1.54, 1.807) is 11.3 Å². The van der Waals surface area contributed by atoms with Crippen molar-refractivity contribution in [2.24, 2.45) is 5.41 Å². The normalized spacial score (nSPS) is 19.2. The number of hydrogen-bond donors (Lipinski definition) is 0. The molecule has 0 spiro atoms. The molecule has 2 heterocycles. The number of thiazole rings is 1. The average Bonchev–Trinajstić information content (AvgIpc) is 2.86. The van der Waals surface area contributed by atoms with Crippen molar-refractivity contribution in [3.8, 4) is 0 Å². The predicted octanol–water partition coefficient (Wildman–Crippen LogP) is 4.13. The van der Waals surface area contributed by atoms with E-state index in [4.69, 9.17) is 4.74 Å². The number of fused-ring (bicyclic) bond motifs is 3. The van der Waals surface area contributed by atoms with Crippen LogP contribution in [0, 0.1) is 12.3 Å². The number of hydrogen-bond acceptors (Lipinski definition) is 4. The van der Waals surface area contributed by atoms with Gasteiger partial charge in [-0.2, -0.15) is 0 Å². The van der Waals surface area contributed by atoms with Crippen LogP contribution in [0.4, 0.5) is 0 Å². The average molecular weight is 320 g/mol. The Balaban J connectivity index is 2.20. The van der Waals surface area contributed by atoms with Crippen LogP contribution >= 0.6 is 11.3 Å². The van der Waals surface area contributed by atoms with Gasteiger partial charge in [0.1, 0.15) is 0 Å². The predicted molar refractivity (Wildman–Crippen MR) is 88.9 cm³/mol. The Morgan fingerprint density at radius 2 is 2.05 bits per heavy atom. The molecule has 2 aromatic rings. The second kappa shape index (κ2) is 4.82. The molecule has 120 valence electrons. The van der Waals surface area contributed by atoms with Gasteiger partial charge >= 0.3 is 5.97 Å². The van der Waals surface area contributed by atoms with Crippen molar-refractivity contribution < 1.29 is 9.53 Å². The van der Waals surface area contributed by atoms with Crippen molar-refractivity contribution >= 4 is 22.3 Å². The van der Waals surface area contributed by atoms with Gasteiger partial charge in [0.05, 0.1) is 12.3 Å². The van der Waals surface area contributed by atoms with E-state index in [1.165, 1.54) is 17.0 Å². The number of esters is 1. The van der Waals surface area contributed by atoms with Gasteiger partial charge in [-0.3, -0.25) is 4.40 Å². The lowest BCUT2D eigenvalue weighted by atomic mass is 9.67. The molecule has 1 aliphatic rings. The van der Waals surface area contributed by atoms with Gasteiger partial charge in [0.2, 0.25) is 0 Å². The number of ether oxygens (including phenoxy) is 1. The number of aromatic nitrogens is 2. The fraction of sp³-hybridized carbons (Fsp3) is 0.647. The third-order valence-electron chi connectivity index (χ3n) is 4.45. The fourth-order valence-corrected chi connectivity index (χ4v) is 5.27. The SMILES string of the molecule is CCOC(=O)c1nc2sc3c(n2c1C)CC(C)(C)CC3(C)C. The van der Waals surface area contributed by atoms with Crippen molar-refractivity contribution in [3.05, 3.63) is 22.0 Å². The molecule has 4 nitrogen and oxygen atoms in total. The largest absolute Gasteiger partial charge is 0.461 e.